The van der Waals surface area contributed by atoms with Crippen LogP contribution in [0.3, 0.4) is 0 Å². The third-order valence-corrected chi connectivity index (χ3v) is 3.91. The summed E-state index contributed by atoms with van der Waals surface area (Å²) in [7, 11) is 0. The predicted octanol–water partition coefficient (Wildman–Crippen LogP) is 2.61. The molecule has 0 saturated heterocycles. The average Bonchev–Trinajstić information content (AvgIpc) is 2.52. The van der Waals surface area contributed by atoms with Crippen molar-refractivity contribution in [2.24, 2.45) is 0 Å². The Kier molecular flexibility index (Phi) is 3.86. The molecule has 4 nitrogen and oxygen atoms in total. The number of amides is 1. The molecule has 118 valence electrons. The molecule has 0 saturated carbocycles. The van der Waals surface area contributed by atoms with Crippen LogP contribution in [0.4, 0.5) is 4.39 Å². The molecule has 0 bridgehead atoms. The maximum atomic E-state index is 13.2. The largest absolute Gasteiger partial charge is 0.445 e. The summed E-state index contributed by atoms with van der Waals surface area (Å²) in [6, 6.07) is 13.1. The topological polar surface area (TPSA) is 55.4 Å². The number of hydrogen-bond donors (Lipinski definition) is 1. The van der Waals surface area contributed by atoms with Crippen molar-refractivity contribution in [1.82, 2.24) is 5.32 Å². The second kappa shape index (κ2) is 5.83. The van der Waals surface area contributed by atoms with Crippen molar-refractivity contribution in [3.63, 3.8) is 0 Å². The van der Waals surface area contributed by atoms with Gasteiger partial charge >= 0.3 is 5.97 Å². The van der Waals surface area contributed by atoms with E-state index in [-0.39, 0.29) is 12.4 Å². The van der Waals surface area contributed by atoms with Gasteiger partial charge in [0.15, 0.2) is 5.60 Å². The lowest BCUT2D eigenvalue weighted by Gasteiger charge is -2.33. The zero-order valence-corrected chi connectivity index (χ0v) is 12.6. The van der Waals surface area contributed by atoms with Crippen molar-refractivity contribution in [2.75, 3.05) is 0 Å². The van der Waals surface area contributed by atoms with Gasteiger partial charge in [-0.1, -0.05) is 30.3 Å². The fraction of sp³-hybridized carbons (Fsp3) is 0.222. The van der Waals surface area contributed by atoms with Crippen LogP contribution in [0.15, 0.2) is 48.5 Å². The number of halogens is 1. The van der Waals surface area contributed by atoms with E-state index in [1.807, 2.05) is 12.1 Å². The first-order chi connectivity index (χ1) is 11.0. The highest BCUT2D eigenvalue weighted by atomic mass is 19.1. The minimum atomic E-state index is -1.27. The minimum absolute atomic E-state index is 0.172. The van der Waals surface area contributed by atoms with Gasteiger partial charge in [-0.05, 0) is 36.2 Å². The van der Waals surface area contributed by atoms with Crippen LogP contribution in [0, 0.1) is 5.82 Å². The fourth-order valence-corrected chi connectivity index (χ4v) is 2.68. The summed E-state index contributed by atoms with van der Waals surface area (Å²) >= 11 is 0. The molecular formula is C18H16FNO3. The van der Waals surface area contributed by atoms with Crippen LogP contribution in [-0.2, 0) is 22.5 Å². The van der Waals surface area contributed by atoms with Crippen molar-refractivity contribution in [1.29, 1.82) is 0 Å². The van der Waals surface area contributed by atoms with Gasteiger partial charge in [-0.25, -0.2) is 9.18 Å². The summed E-state index contributed by atoms with van der Waals surface area (Å²) in [5, 5.41) is 2.70. The monoisotopic (exact) mass is 313 g/mol. The van der Waals surface area contributed by atoms with Crippen LogP contribution in [0.5, 0.6) is 0 Å². The number of carbonyl (C=O) groups is 2. The molecule has 2 aromatic carbocycles. The lowest BCUT2D eigenvalue weighted by Crippen LogP contribution is -2.51. The van der Waals surface area contributed by atoms with Crippen molar-refractivity contribution in [2.45, 2.75) is 25.5 Å². The average molecular weight is 313 g/mol. The van der Waals surface area contributed by atoms with Gasteiger partial charge in [-0.2, -0.15) is 0 Å². The van der Waals surface area contributed by atoms with Crippen LogP contribution < -0.4 is 5.32 Å². The van der Waals surface area contributed by atoms with Gasteiger partial charge in [0.1, 0.15) is 5.82 Å². The second-order valence-corrected chi connectivity index (χ2v) is 5.77. The standard InChI is InChI=1S/C18H16FNO3/c1-18(10-13-6-2-3-8-15(13)16(21)23-18)17(22)20-11-12-5-4-7-14(19)9-12/h2-9H,10-11H2,1H3,(H,20,22). The number of cyclic esters (lactones) is 1. The molecule has 0 aromatic heterocycles. The SMILES string of the molecule is CC1(C(=O)NCc2cccc(F)c2)Cc2ccccc2C(=O)O1. The second-order valence-electron chi connectivity index (χ2n) is 5.77. The van der Waals surface area contributed by atoms with Gasteiger partial charge in [0, 0.05) is 13.0 Å². The number of ether oxygens (including phenoxy) is 1. The highest BCUT2D eigenvalue weighted by Gasteiger charge is 2.42. The molecule has 0 radical (unpaired) electrons. The third kappa shape index (κ3) is 3.08. The number of carbonyl (C=O) groups excluding carboxylic acids is 2. The van der Waals surface area contributed by atoms with Gasteiger partial charge in [0.2, 0.25) is 0 Å². The summed E-state index contributed by atoms with van der Waals surface area (Å²) < 4.78 is 18.5. The smallest absolute Gasteiger partial charge is 0.339 e. The van der Waals surface area contributed by atoms with Gasteiger partial charge in [-0.15, -0.1) is 0 Å². The molecule has 0 fully saturated rings. The maximum Gasteiger partial charge on any atom is 0.339 e. The molecule has 23 heavy (non-hydrogen) atoms. The van der Waals surface area contributed by atoms with Crippen molar-refractivity contribution < 1.29 is 18.7 Å². The maximum absolute atomic E-state index is 13.2. The Hall–Kier alpha value is -2.69. The summed E-state index contributed by atoms with van der Waals surface area (Å²) in [5.41, 5.74) is 0.651. The molecule has 1 heterocycles. The highest BCUT2D eigenvalue weighted by molar-refractivity contribution is 5.97. The minimum Gasteiger partial charge on any atom is -0.445 e. The van der Waals surface area contributed by atoms with Crippen LogP contribution in [0.25, 0.3) is 0 Å². The first kappa shape index (κ1) is 15.2. The Balaban J connectivity index is 1.73. The molecule has 1 aliphatic rings. The predicted molar refractivity (Wildman–Crippen MR) is 82.2 cm³/mol. The van der Waals surface area contributed by atoms with Crippen LogP contribution >= 0.6 is 0 Å². The number of esters is 1. The number of hydrogen-bond acceptors (Lipinski definition) is 3. The van der Waals surface area contributed by atoms with Gasteiger partial charge < -0.3 is 10.1 Å². The summed E-state index contributed by atoms with van der Waals surface area (Å²) in [6.45, 7) is 1.76. The Morgan fingerprint density at radius 1 is 1.26 bits per heavy atom. The van der Waals surface area contributed by atoms with E-state index in [2.05, 4.69) is 5.32 Å². The zero-order valence-electron chi connectivity index (χ0n) is 12.6. The molecule has 5 heteroatoms. The zero-order chi connectivity index (χ0) is 16.4. The van der Waals surface area contributed by atoms with E-state index >= 15 is 0 Å². The van der Waals surface area contributed by atoms with Crippen LogP contribution in [0.2, 0.25) is 0 Å². The molecule has 1 atom stereocenters. The highest BCUT2D eigenvalue weighted by Crippen LogP contribution is 2.28. The molecule has 2 aromatic rings. The summed E-state index contributed by atoms with van der Waals surface area (Å²) in [4.78, 5) is 24.5. The molecular weight excluding hydrogens is 297 g/mol. The molecule has 1 aliphatic heterocycles. The third-order valence-electron chi connectivity index (χ3n) is 3.91. The van der Waals surface area contributed by atoms with Crippen molar-refractivity contribution in [3.05, 3.63) is 71.0 Å². The molecule has 3 rings (SSSR count). The first-order valence-electron chi connectivity index (χ1n) is 7.32. The fourth-order valence-electron chi connectivity index (χ4n) is 2.68. The molecule has 1 unspecified atom stereocenters. The number of fused-ring (bicyclic) bond motifs is 1. The van der Waals surface area contributed by atoms with E-state index in [9.17, 15) is 14.0 Å². The Morgan fingerprint density at radius 2 is 2.04 bits per heavy atom. The number of nitrogens with one attached hydrogen (secondary N) is 1. The van der Waals surface area contributed by atoms with Crippen LogP contribution in [0.1, 0.15) is 28.4 Å². The lowest BCUT2D eigenvalue weighted by atomic mass is 9.89. The van der Waals surface area contributed by atoms with Crippen LogP contribution in [-0.4, -0.2) is 17.5 Å². The van der Waals surface area contributed by atoms with Gasteiger partial charge in [0.25, 0.3) is 5.91 Å². The van der Waals surface area contributed by atoms with E-state index in [1.165, 1.54) is 12.1 Å². The molecule has 1 amide bonds. The van der Waals surface area contributed by atoms with E-state index in [0.717, 1.165) is 5.56 Å². The molecule has 0 spiro atoms. The van der Waals surface area contributed by atoms with E-state index in [4.69, 9.17) is 4.74 Å². The Labute approximate surface area is 133 Å². The van der Waals surface area contributed by atoms with Crippen molar-refractivity contribution >= 4 is 11.9 Å². The molecule has 0 aliphatic carbocycles. The van der Waals surface area contributed by atoms with E-state index in [0.29, 0.717) is 17.5 Å². The Bertz CT molecular complexity index is 774. The summed E-state index contributed by atoms with van der Waals surface area (Å²) in [5.74, 6) is -1.26. The number of rotatable bonds is 3. The first-order valence-corrected chi connectivity index (χ1v) is 7.32. The molecule has 1 N–H and O–H groups in total. The van der Waals surface area contributed by atoms with Crippen molar-refractivity contribution in [3.8, 4) is 0 Å². The van der Waals surface area contributed by atoms with Gasteiger partial charge in [0.05, 0.1) is 5.56 Å². The summed E-state index contributed by atoms with van der Waals surface area (Å²) in [6.07, 6.45) is 0.309. The number of benzene rings is 2. The lowest BCUT2D eigenvalue weighted by molar-refractivity contribution is -0.139. The normalized spacial score (nSPS) is 19.7. The quantitative estimate of drug-likeness (QED) is 0.886. The van der Waals surface area contributed by atoms with Gasteiger partial charge in [-0.3, -0.25) is 4.79 Å². The van der Waals surface area contributed by atoms with E-state index in [1.54, 1.807) is 31.2 Å². The Morgan fingerprint density at radius 3 is 2.83 bits per heavy atom. The van der Waals surface area contributed by atoms with E-state index < -0.39 is 17.5 Å².